The van der Waals surface area contributed by atoms with E-state index in [9.17, 15) is 9.50 Å². The van der Waals surface area contributed by atoms with Crippen molar-refractivity contribution in [2.45, 2.75) is 56.2 Å². The molecule has 0 aromatic heterocycles. The van der Waals surface area contributed by atoms with E-state index in [2.05, 4.69) is 5.32 Å². The summed E-state index contributed by atoms with van der Waals surface area (Å²) in [6.45, 7) is 0.445. The molecule has 21 heavy (non-hydrogen) atoms. The van der Waals surface area contributed by atoms with E-state index in [1.165, 1.54) is 12.5 Å². The quantitative estimate of drug-likeness (QED) is 0.893. The lowest BCUT2D eigenvalue weighted by Gasteiger charge is -2.60. The predicted molar refractivity (Wildman–Crippen MR) is 80.6 cm³/mol. The molecule has 4 saturated carbocycles. The van der Waals surface area contributed by atoms with E-state index < -0.39 is 5.60 Å². The van der Waals surface area contributed by atoms with E-state index in [0.29, 0.717) is 29.0 Å². The van der Waals surface area contributed by atoms with Gasteiger partial charge in [-0.05, 0) is 62.5 Å². The highest BCUT2D eigenvalue weighted by molar-refractivity contribution is 6.31. The molecule has 5 rings (SSSR count). The van der Waals surface area contributed by atoms with Crippen molar-refractivity contribution in [1.82, 2.24) is 5.32 Å². The molecule has 1 aromatic rings. The molecule has 2 unspecified atom stereocenters. The van der Waals surface area contributed by atoms with Crippen LogP contribution >= 0.6 is 11.6 Å². The van der Waals surface area contributed by atoms with E-state index in [4.69, 9.17) is 11.6 Å². The van der Waals surface area contributed by atoms with Crippen LogP contribution in [0.3, 0.4) is 0 Å². The van der Waals surface area contributed by atoms with Crippen LogP contribution in [-0.2, 0) is 6.54 Å². The molecule has 4 bridgehead atoms. The summed E-state index contributed by atoms with van der Waals surface area (Å²) >= 11 is 6.11. The van der Waals surface area contributed by atoms with Gasteiger partial charge in [0.15, 0.2) is 0 Å². The highest BCUT2D eigenvalue weighted by atomic mass is 35.5. The number of rotatable bonds is 3. The van der Waals surface area contributed by atoms with Crippen molar-refractivity contribution in [2.24, 2.45) is 11.8 Å². The molecule has 0 saturated heterocycles. The standard InChI is InChI=1S/C17H21ClFNO/c18-14-2-1-3-15(19)13(14)9-20-16-5-11-4-12(6-16)8-17(21,7-11)10-16/h1-3,11-12,20-21H,4-10H2. The van der Waals surface area contributed by atoms with Crippen molar-refractivity contribution in [2.75, 3.05) is 0 Å². The number of nitrogens with one attached hydrogen (secondary N) is 1. The maximum atomic E-state index is 13.9. The zero-order chi connectivity index (χ0) is 14.7. The summed E-state index contributed by atoms with van der Waals surface area (Å²) in [5.74, 6) is 0.998. The molecule has 2 nitrogen and oxygen atoms in total. The van der Waals surface area contributed by atoms with Crippen molar-refractivity contribution >= 4 is 11.6 Å². The van der Waals surface area contributed by atoms with Crippen molar-refractivity contribution in [3.63, 3.8) is 0 Å². The molecular formula is C17H21ClFNO. The minimum Gasteiger partial charge on any atom is -0.390 e. The first kappa shape index (κ1) is 14.0. The fourth-order valence-electron chi connectivity index (χ4n) is 5.40. The SMILES string of the molecule is OC12CC3CC(C1)CC(NCc1c(F)cccc1Cl)(C3)C2. The van der Waals surface area contributed by atoms with Crippen LogP contribution in [0.2, 0.25) is 5.02 Å². The van der Waals surface area contributed by atoms with Crippen molar-refractivity contribution < 1.29 is 9.50 Å². The third-order valence-electron chi connectivity index (χ3n) is 5.73. The van der Waals surface area contributed by atoms with Crippen molar-refractivity contribution in [3.8, 4) is 0 Å². The van der Waals surface area contributed by atoms with Gasteiger partial charge in [0, 0.05) is 22.7 Å². The van der Waals surface area contributed by atoms with Gasteiger partial charge in [-0.2, -0.15) is 0 Å². The van der Waals surface area contributed by atoms with Crippen LogP contribution in [0.4, 0.5) is 4.39 Å². The van der Waals surface area contributed by atoms with Gasteiger partial charge in [0.25, 0.3) is 0 Å². The van der Waals surface area contributed by atoms with Gasteiger partial charge in [0.2, 0.25) is 0 Å². The highest BCUT2D eigenvalue weighted by Gasteiger charge is 2.56. The van der Waals surface area contributed by atoms with Gasteiger partial charge in [0.05, 0.1) is 5.60 Å². The maximum absolute atomic E-state index is 13.9. The number of hydrogen-bond donors (Lipinski definition) is 2. The molecule has 4 heteroatoms. The number of hydrogen-bond acceptors (Lipinski definition) is 2. The largest absolute Gasteiger partial charge is 0.390 e. The van der Waals surface area contributed by atoms with Crippen LogP contribution in [0.5, 0.6) is 0 Å². The third-order valence-corrected chi connectivity index (χ3v) is 6.09. The molecule has 0 heterocycles. The molecule has 0 radical (unpaired) electrons. The van der Waals surface area contributed by atoms with Gasteiger partial charge < -0.3 is 10.4 Å². The Bertz CT molecular complexity index is 542. The molecule has 2 atom stereocenters. The number of aliphatic hydroxyl groups is 1. The smallest absolute Gasteiger partial charge is 0.129 e. The lowest BCUT2D eigenvalue weighted by Crippen LogP contribution is -2.64. The highest BCUT2D eigenvalue weighted by Crippen LogP contribution is 2.57. The van der Waals surface area contributed by atoms with Gasteiger partial charge >= 0.3 is 0 Å². The van der Waals surface area contributed by atoms with Crippen LogP contribution in [0, 0.1) is 17.7 Å². The Labute approximate surface area is 129 Å². The fourth-order valence-corrected chi connectivity index (χ4v) is 5.63. The zero-order valence-electron chi connectivity index (χ0n) is 12.0. The van der Waals surface area contributed by atoms with Gasteiger partial charge in [-0.3, -0.25) is 0 Å². The van der Waals surface area contributed by atoms with Crippen LogP contribution in [0.25, 0.3) is 0 Å². The summed E-state index contributed by atoms with van der Waals surface area (Å²) in [5.41, 5.74) is 0.0301. The fraction of sp³-hybridized carbons (Fsp3) is 0.647. The Morgan fingerprint density at radius 2 is 1.95 bits per heavy atom. The monoisotopic (exact) mass is 309 g/mol. The van der Waals surface area contributed by atoms with Gasteiger partial charge in [-0.25, -0.2) is 4.39 Å². The molecule has 1 aromatic carbocycles. The summed E-state index contributed by atoms with van der Waals surface area (Å²) in [4.78, 5) is 0. The molecule has 0 aliphatic heterocycles. The first-order chi connectivity index (χ1) is 9.97. The second-order valence-electron chi connectivity index (χ2n) is 7.52. The summed E-state index contributed by atoms with van der Waals surface area (Å²) in [7, 11) is 0. The third kappa shape index (κ3) is 2.39. The summed E-state index contributed by atoms with van der Waals surface area (Å²) in [5, 5.41) is 14.8. The topological polar surface area (TPSA) is 32.3 Å². The van der Waals surface area contributed by atoms with E-state index in [-0.39, 0.29) is 11.4 Å². The van der Waals surface area contributed by atoms with Gasteiger partial charge in [0.1, 0.15) is 5.82 Å². The lowest BCUT2D eigenvalue weighted by atomic mass is 9.51. The number of benzene rings is 1. The minimum absolute atomic E-state index is 0.0234. The zero-order valence-corrected chi connectivity index (χ0v) is 12.8. The van der Waals surface area contributed by atoms with Crippen LogP contribution in [-0.4, -0.2) is 16.2 Å². The molecule has 2 N–H and O–H groups in total. The Balaban J connectivity index is 1.55. The van der Waals surface area contributed by atoms with E-state index >= 15 is 0 Å². The Morgan fingerprint density at radius 1 is 1.24 bits per heavy atom. The van der Waals surface area contributed by atoms with E-state index in [0.717, 1.165) is 32.1 Å². The van der Waals surface area contributed by atoms with Gasteiger partial charge in [-0.1, -0.05) is 17.7 Å². The predicted octanol–water partition coefficient (Wildman–Crippen LogP) is 3.65. The Hall–Kier alpha value is -0.640. The second kappa shape index (κ2) is 4.68. The summed E-state index contributed by atoms with van der Waals surface area (Å²) in [6.07, 6.45) is 6.18. The van der Waals surface area contributed by atoms with E-state index in [1.54, 1.807) is 12.1 Å². The van der Waals surface area contributed by atoms with Crippen molar-refractivity contribution in [1.29, 1.82) is 0 Å². The van der Waals surface area contributed by atoms with Crippen LogP contribution in [0.15, 0.2) is 18.2 Å². The maximum Gasteiger partial charge on any atom is 0.129 e. The Kier molecular flexibility index (Phi) is 3.11. The van der Waals surface area contributed by atoms with Crippen molar-refractivity contribution in [3.05, 3.63) is 34.6 Å². The minimum atomic E-state index is -0.490. The number of halogens is 2. The first-order valence-electron chi connectivity index (χ1n) is 7.87. The molecular weight excluding hydrogens is 289 g/mol. The van der Waals surface area contributed by atoms with E-state index in [1.807, 2.05) is 0 Å². The lowest BCUT2D eigenvalue weighted by molar-refractivity contribution is -0.142. The molecule has 0 spiro atoms. The average Bonchev–Trinajstić information content (AvgIpc) is 2.34. The van der Waals surface area contributed by atoms with Gasteiger partial charge in [-0.15, -0.1) is 0 Å². The molecule has 114 valence electrons. The normalized spacial score (nSPS) is 40.7. The molecule has 4 aliphatic carbocycles. The molecule has 4 fully saturated rings. The van der Waals surface area contributed by atoms with Crippen LogP contribution < -0.4 is 5.32 Å². The second-order valence-corrected chi connectivity index (χ2v) is 7.93. The average molecular weight is 310 g/mol. The first-order valence-corrected chi connectivity index (χ1v) is 8.25. The molecule has 4 aliphatic rings. The summed E-state index contributed by atoms with van der Waals surface area (Å²) in [6, 6.07) is 4.82. The Morgan fingerprint density at radius 3 is 2.57 bits per heavy atom. The summed E-state index contributed by atoms with van der Waals surface area (Å²) < 4.78 is 13.9. The molecule has 0 amide bonds. The van der Waals surface area contributed by atoms with Crippen LogP contribution in [0.1, 0.15) is 44.1 Å².